The summed E-state index contributed by atoms with van der Waals surface area (Å²) in [6.07, 6.45) is 17.3. The maximum Gasteiger partial charge on any atom is 0.382 e. The Morgan fingerprint density at radius 3 is 1.48 bits per heavy atom. The summed E-state index contributed by atoms with van der Waals surface area (Å²) in [5, 5.41) is 19.7. The molecule has 2 N–H and O–H groups in total. The topological polar surface area (TPSA) is 49.7 Å². The molecule has 0 radical (unpaired) electrons. The molecule has 0 bridgehead atoms. The summed E-state index contributed by atoms with van der Waals surface area (Å²) in [5.41, 5.74) is 0. The predicted octanol–water partition coefficient (Wildman–Crippen LogP) is 6.43. The van der Waals surface area contributed by atoms with Crippen molar-refractivity contribution in [1.29, 1.82) is 0 Å². The molecule has 0 aromatic carbocycles. The molecule has 0 amide bonds. The lowest BCUT2D eigenvalue weighted by atomic mass is 10.0. The highest BCUT2D eigenvalue weighted by molar-refractivity contribution is 4.81. The highest BCUT2D eigenvalue weighted by atomic mass is 16.6. The van der Waals surface area contributed by atoms with Gasteiger partial charge in [-0.25, -0.2) is 0 Å². The van der Waals surface area contributed by atoms with E-state index >= 15 is 0 Å². The summed E-state index contributed by atoms with van der Waals surface area (Å²) in [7, 11) is 3.79. The van der Waals surface area contributed by atoms with Crippen LogP contribution in [0.2, 0.25) is 0 Å². The highest BCUT2D eigenvalue weighted by Gasteiger charge is 2.26. The minimum absolute atomic E-state index is 0.0826. The van der Waals surface area contributed by atoms with Crippen molar-refractivity contribution in [2.45, 2.75) is 97.3 Å². The Morgan fingerprint density at radius 1 is 0.680 bits per heavy atom. The number of quaternary nitrogens is 1. The molecule has 0 rings (SSSR count). The number of ether oxygens (including phenoxy) is 1. The van der Waals surface area contributed by atoms with Gasteiger partial charge >= 0.3 is 11.8 Å². The van der Waals surface area contributed by atoms with Crippen LogP contribution in [0.4, 0.5) is 0 Å². The zero-order valence-corrected chi connectivity index (χ0v) is 17.4. The monoisotopic (exact) mass is 358 g/mol. The average molecular weight is 359 g/mol. The lowest BCUT2D eigenvalue weighted by Crippen LogP contribution is -2.40. The first-order chi connectivity index (χ1) is 12.0. The van der Waals surface area contributed by atoms with E-state index in [1.807, 2.05) is 14.1 Å². The second-order valence-corrected chi connectivity index (χ2v) is 7.71. The molecular formula is C21H44NO3+. The second kappa shape index (κ2) is 15.4. The lowest BCUT2D eigenvalue weighted by Gasteiger charge is -2.27. The van der Waals surface area contributed by atoms with Crippen molar-refractivity contribution < 1.29 is 19.4 Å². The maximum atomic E-state index is 10.0. The Hall–Kier alpha value is -0.900. The molecule has 150 valence electrons. The van der Waals surface area contributed by atoms with Crippen molar-refractivity contribution in [2.75, 3.05) is 27.2 Å². The molecule has 0 atom stereocenters. The number of nitrogens with zero attached hydrogens (tertiary/aromatic N) is 1. The fraction of sp³-hybridized carbons (Fsp3) is 0.905. The smallest absolute Gasteiger partial charge is 0.382 e. The van der Waals surface area contributed by atoms with E-state index in [0.717, 1.165) is 13.0 Å². The van der Waals surface area contributed by atoms with Crippen LogP contribution in [0.1, 0.15) is 97.3 Å². The summed E-state index contributed by atoms with van der Waals surface area (Å²) in [5.74, 6) is -0.428. The summed E-state index contributed by atoms with van der Waals surface area (Å²) >= 11 is 0. The molecule has 4 nitrogen and oxygen atoms in total. The van der Waals surface area contributed by atoms with Gasteiger partial charge in [0.05, 0.1) is 27.2 Å². The van der Waals surface area contributed by atoms with E-state index in [4.69, 9.17) is 4.74 Å². The number of aliphatic hydroxyl groups excluding tert-OH is 2. The van der Waals surface area contributed by atoms with Gasteiger partial charge in [0.2, 0.25) is 0 Å². The van der Waals surface area contributed by atoms with Crippen LogP contribution in [-0.4, -0.2) is 41.9 Å². The van der Waals surface area contributed by atoms with Gasteiger partial charge in [-0.1, -0.05) is 77.6 Å². The van der Waals surface area contributed by atoms with Gasteiger partial charge in [0.15, 0.2) is 0 Å². The van der Waals surface area contributed by atoms with Crippen LogP contribution >= 0.6 is 0 Å². The second-order valence-electron chi connectivity index (χ2n) is 7.71. The first-order valence-corrected chi connectivity index (χ1v) is 10.5. The lowest BCUT2D eigenvalue weighted by molar-refractivity contribution is -0.869. The van der Waals surface area contributed by atoms with Gasteiger partial charge in [-0.05, 0) is 19.8 Å². The van der Waals surface area contributed by atoms with E-state index in [9.17, 15) is 10.2 Å². The van der Waals surface area contributed by atoms with E-state index in [1.54, 1.807) is 6.92 Å². The van der Waals surface area contributed by atoms with Crippen molar-refractivity contribution in [2.24, 2.45) is 0 Å². The highest BCUT2D eigenvalue weighted by Crippen LogP contribution is 2.16. The molecule has 0 saturated carbocycles. The minimum Gasteiger partial charge on any atom is -0.474 e. The Balaban J connectivity index is 3.56. The zero-order chi connectivity index (χ0) is 19.0. The molecule has 0 unspecified atom stereocenters. The van der Waals surface area contributed by atoms with Crippen LogP contribution in [0.25, 0.3) is 0 Å². The van der Waals surface area contributed by atoms with Gasteiger partial charge in [-0.2, -0.15) is 0 Å². The predicted molar refractivity (Wildman–Crippen MR) is 107 cm³/mol. The van der Waals surface area contributed by atoms with Crippen molar-refractivity contribution in [1.82, 2.24) is 0 Å². The molecule has 0 heterocycles. The fourth-order valence-electron chi connectivity index (χ4n) is 3.09. The van der Waals surface area contributed by atoms with Crippen molar-refractivity contribution >= 4 is 0 Å². The molecule has 0 aromatic heterocycles. The van der Waals surface area contributed by atoms with Gasteiger partial charge in [-0.15, -0.1) is 0 Å². The summed E-state index contributed by atoms with van der Waals surface area (Å²) < 4.78 is 5.25. The van der Waals surface area contributed by atoms with E-state index < -0.39 is 0 Å². The fourth-order valence-corrected chi connectivity index (χ4v) is 3.09. The normalized spacial score (nSPS) is 13.0. The summed E-state index contributed by atoms with van der Waals surface area (Å²) in [6.45, 7) is 5.22. The van der Waals surface area contributed by atoms with Crippen molar-refractivity contribution in [3.8, 4) is 0 Å². The van der Waals surface area contributed by atoms with Crippen LogP contribution in [0.15, 0.2) is 11.8 Å². The third kappa shape index (κ3) is 13.0. The molecule has 0 aromatic rings. The third-order valence-electron chi connectivity index (χ3n) is 4.87. The molecule has 0 spiro atoms. The number of aliphatic hydroxyl groups is 2. The molecule has 0 aliphatic rings. The van der Waals surface area contributed by atoms with Gasteiger partial charge in [-0.3, -0.25) is 4.48 Å². The van der Waals surface area contributed by atoms with Crippen LogP contribution in [0.3, 0.4) is 0 Å². The Morgan fingerprint density at radius 2 is 1.08 bits per heavy atom. The summed E-state index contributed by atoms with van der Waals surface area (Å²) in [4.78, 5) is 0. The van der Waals surface area contributed by atoms with Gasteiger partial charge in [0, 0.05) is 0 Å². The van der Waals surface area contributed by atoms with Gasteiger partial charge < -0.3 is 14.9 Å². The molecule has 0 aliphatic heterocycles. The quantitative estimate of drug-likeness (QED) is 0.179. The number of hydrogen-bond acceptors (Lipinski definition) is 3. The minimum atomic E-state index is -0.345. The number of unbranched alkanes of at least 4 members (excludes halogenated alkanes) is 12. The standard InChI is InChI=1S/C21H43NO3/c1-5-7-8-9-10-11-12-13-14-15-16-17-18-19-22(3,4)20(23)21(24)25-6-2/h5-19H2,1-4H3,(H-,23,24)/p+1. The van der Waals surface area contributed by atoms with Crippen LogP contribution < -0.4 is 0 Å². The molecule has 4 heteroatoms. The van der Waals surface area contributed by atoms with E-state index in [1.165, 1.54) is 77.0 Å². The molecular weight excluding hydrogens is 314 g/mol. The van der Waals surface area contributed by atoms with Crippen molar-refractivity contribution in [3.05, 3.63) is 11.8 Å². The zero-order valence-electron chi connectivity index (χ0n) is 17.4. The number of rotatable bonds is 17. The Bertz CT molecular complexity index is 340. The van der Waals surface area contributed by atoms with Crippen molar-refractivity contribution in [3.63, 3.8) is 0 Å². The third-order valence-corrected chi connectivity index (χ3v) is 4.87. The molecule has 25 heavy (non-hydrogen) atoms. The Labute approximate surface area is 156 Å². The SMILES string of the molecule is CCCCCCCCCCCCCCC[N+](C)(C)C(O)=C(O)OCC. The van der Waals surface area contributed by atoms with Gasteiger partial charge in [0.1, 0.15) is 0 Å². The van der Waals surface area contributed by atoms with Crippen LogP contribution in [-0.2, 0) is 4.74 Å². The first-order valence-electron chi connectivity index (χ1n) is 10.5. The number of hydrogen-bond donors (Lipinski definition) is 2. The van der Waals surface area contributed by atoms with E-state index in [0.29, 0.717) is 6.61 Å². The molecule has 0 aliphatic carbocycles. The molecule has 0 saturated heterocycles. The first kappa shape index (κ1) is 24.1. The Kier molecular flexibility index (Phi) is 14.8. The van der Waals surface area contributed by atoms with E-state index in [2.05, 4.69) is 6.92 Å². The average Bonchev–Trinajstić information content (AvgIpc) is 2.58. The van der Waals surface area contributed by atoms with Gasteiger partial charge in [0.25, 0.3) is 0 Å². The van der Waals surface area contributed by atoms with E-state index in [-0.39, 0.29) is 16.3 Å². The largest absolute Gasteiger partial charge is 0.474 e. The maximum absolute atomic E-state index is 10.0. The molecule has 0 fully saturated rings. The summed E-state index contributed by atoms with van der Waals surface area (Å²) in [6, 6.07) is 0. The van der Waals surface area contributed by atoms with Crippen LogP contribution in [0, 0.1) is 0 Å². The van der Waals surface area contributed by atoms with Crippen LogP contribution in [0.5, 0.6) is 0 Å².